The lowest BCUT2D eigenvalue weighted by Gasteiger charge is -2.31. The van der Waals surface area contributed by atoms with E-state index in [9.17, 15) is 0 Å². The van der Waals surface area contributed by atoms with Crippen LogP contribution in [0.4, 0.5) is 0 Å². The van der Waals surface area contributed by atoms with E-state index in [4.69, 9.17) is 35.4 Å². The Morgan fingerprint density at radius 3 is 2.00 bits per heavy atom. The first-order chi connectivity index (χ1) is 9.42. The standard InChI is InChI=1S/C14H22O6/c1-5-14(4,20-18-9-12-7-16-12)10-13(2,3)19-17-8-11-6-15-11/h1,11-12H,6-10H2,2-4H3. The fourth-order valence-corrected chi connectivity index (χ4v) is 1.78. The van der Waals surface area contributed by atoms with Crippen molar-refractivity contribution in [1.29, 1.82) is 0 Å². The first kappa shape index (κ1) is 15.7. The van der Waals surface area contributed by atoms with Crippen molar-refractivity contribution >= 4 is 0 Å². The second kappa shape index (κ2) is 6.39. The summed E-state index contributed by atoms with van der Waals surface area (Å²) in [5.41, 5.74) is -1.49. The normalized spacial score (nSPS) is 27.7. The maximum atomic E-state index is 5.53. The zero-order chi connectivity index (χ0) is 14.6. The molecule has 0 spiro atoms. The SMILES string of the molecule is C#CC(C)(CC(C)(C)OOCC1CO1)OOCC1CO1. The summed E-state index contributed by atoms with van der Waals surface area (Å²) in [6.07, 6.45) is 6.24. The second-order valence-electron chi connectivity index (χ2n) is 5.96. The molecule has 2 heterocycles. The van der Waals surface area contributed by atoms with Gasteiger partial charge in [0.1, 0.15) is 31.0 Å². The van der Waals surface area contributed by atoms with E-state index in [1.165, 1.54) is 0 Å². The molecule has 0 saturated carbocycles. The molecule has 6 heteroatoms. The van der Waals surface area contributed by atoms with Crippen LogP contribution in [-0.2, 0) is 29.0 Å². The van der Waals surface area contributed by atoms with Crippen molar-refractivity contribution in [2.75, 3.05) is 26.4 Å². The molecule has 0 N–H and O–H groups in total. The Balaban J connectivity index is 1.71. The third kappa shape index (κ3) is 5.75. The van der Waals surface area contributed by atoms with Crippen LogP contribution < -0.4 is 0 Å². The molecular weight excluding hydrogens is 264 g/mol. The molecule has 20 heavy (non-hydrogen) atoms. The molecule has 0 aromatic rings. The lowest BCUT2D eigenvalue weighted by atomic mass is 9.92. The number of epoxide rings is 2. The Bertz CT molecular complexity index is 355. The minimum absolute atomic E-state index is 0.128. The Kier molecular flexibility index (Phi) is 5.02. The lowest BCUT2D eigenvalue weighted by Crippen LogP contribution is -2.39. The summed E-state index contributed by atoms with van der Waals surface area (Å²) in [7, 11) is 0. The van der Waals surface area contributed by atoms with Crippen LogP contribution in [0, 0.1) is 12.3 Å². The minimum Gasteiger partial charge on any atom is -0.370 e. The molecule has 0 bridgehead atoms. The second-order valence-corrected chi connectivity index (χ2v) is 5.96. The van der Waals surface area contributed by atoms with Crippen molar-refractivity contribution in [2.24, 2.45) is 0 Å². The van der Waals surface area contributed by atoms with Crippen LogP contribution in [0.3, 0.4) is 0 Å². The molecule has 0 aromatic carbocycles. The molecule has 2 rings (SSSR count). The van der Waals surface area contributed by atoms with Crippen LogP contribution in [-0.4, -0.2) is 49.8 Å². The largest absolute Gasteiger partial charge is 0.370 e. The van der Waals surface area contributed by atoms with E-state index in [0.717, 1.165) is 6.61 Å². The number of rotatable bonds is 10. The summed E-state index contributed by atoms with van der Waals surface area (Å²) in [4.78, 5) is 21.0. The zero-order valence-corrected chi connectivity index (χ0v) is 12.2. The molecule has 3 atom stereocenters. The van der Waals surface area contributed by atoms with E-state index >= 15 is 0 Å². The van der Waals surface area contributed by atoms with Gasteiger partial charge in [0.15, 0.2) is 5.60 Å². The monoisotopic (exact) mass is 286 g/mol. The summed E-state index contributed by atoms with van der Waals surface area (Å²) in [6.45, 7) is 7.78. The topological polar surface area (TPSA) is 62.0 Å². The van der Waals surface area contributed by atoms with Gasteiger partial charge in [0.2, 0.25) is 0 Å². The number of hydrogen-bond donors (Lipinski definition) is 0. The highest BCUT2D eigenvalue weighted by Crippen LogP contribution is 2.27. The molecule has 6 nitrogen and oxygen atoms in total. The molecule has 0 amide bonds. The Morgan fingerprint density at radius 2 is 1.55 bits per heavy atom. The highest BCUT2D eigenvalue weighted by atomic mass is 17.2. The summed E-state index contributed by atoms with van der Waals surface area (Å²) in [5.74, 6) is 2.59. The van der Waals surface area contributed by atoms with Crippen molar-refractivity contribution in [3.05, 3.63) is 0 Å². The quantitative estimate of drug-likeness (QED) is 0.261. The Labute approximate surface area is 119 Å². The fraction of sp³-hybridized carbons (Fsp3) is 0.857. The summed E-state index contributed by atoms with van der Waals surface area (Å²) in [6, 6.07) is 0. The smallest absolute Gasteiger partial charge is 0.163 e. The number of terminal acetylenes is 1. The number of ether oxygens (including phenoxy) is 2. The molecular formula is C14H22O6. The highest BCUT2D eigenvalue weighted by Gasteiger charge is 2.36. The average molecular weight is 286 g/mol. The van der Waals surface area contributed by atoms with Crippen LogP contribution >= 0.6 is 0 Å². The third-order valence-electron chi connectivity index (χ3n) is 2.91. The van der Waals surface area contributed by atoms with Crippen molar-refractivity contribution in [3.8, 4) is 12.3 Å². The molecule has 0 aliphatic carbocycles. The van der Waals surface area contributed by atoms with E-state index in [-0.39, 0.29) is 12.2 Å². The Hall–Kier alpha value is -0.680. The van der Waals surface area contributed by atoms with Gasteiger partial charge in [-0.15, -0.1) is 6.42 Å². The first-order valence-corrected chi connectivity index (χ1v) is 6.75. The molecule has 114 valence electrons. The molecule has 0 aromatic heterocycles. The summed E-state index contributed by atoms with van der Waals surface area (Å²) >= 11 is 0. The van der Waals surface area contributed by atoms with Crippen LogP contribution in [0.25, 0.3) is 0 Å². The van der Waals surface area contributed by atoms with E-state index in [0.29, 0.717) is 26.2 Å². The lowest BCUT2D eigenvalue weighted by molar-refractivity contribution is -0.383. The van der Waals surface area contributed by atoms with Gasteiger partial charge in [-0.3, -0.25) is 0 Å². The molecule has 2 saturated heterocycles. The van der Waals surface area contributed by atoms with Crippen LogP contribution in [0.5, 0.6) is 0 Å². The van der Waals surface area contributed by atoms with Crippen LogP contribution in [0.1, 0.15) is 27.2 Å². The zero-order valence-electron chi connectivity index (χ0n) is 12.2. The molecule has 3 unspecified atom stereocenters. The average Bonchev–Trinajstić information content (AvgIpc) is 3.22. The van der Waals surface area contributed by atoms with Gasteiger partial charge in [-0.05, 0) is 20.8 Å². The van der Waals surface area contributed by atoms with E-state index in [1.54, 1.807) is 6.92 Å². The summed E-state index contributed by atoms with van der Waals surface area (Å²) in [5, 5.41) is 0. The predicted molar refractivity (Wildman–Crippen MR) is 69.5 cm³/mol. The summed E-state index contributed by atoms with van der Waals surface area (Å²) < 4.78 is 10.1. The maximum Gasteiger partial charge on any atom is 0.163 e. The van der Waals surface area contributed by atoms with Crippen LogP contribution in [0.15, 0.2) is 0 Å². The molecule has 2 aliphatic heterocycles. The van der Waals surface area contributed by atoms with E-state index < -0.39 is 11.2 Å². The molecule has 2 fully saturated rings. The fourth-order valence-electron chi connectivity index (χ4n) is 1.78. The third-order valence-corrected chi connectivity index (χ3v) is 2.91. The first-order valence-electron chi connectivity index (χ1n) is 6.75. The van der Waals surface area contributed by atoms with Crippen molar-refractivity contribution in [3.63, 3.8) is 0 Å². The number of hydrogen-bond acceptors (Lipinski definition) is 6. The van der Waals surface area contributed by atoms with E-state index in [2.05, 4.69) is 5.92 Å². The van der Waals surface area contributed by atoms with Gasteiger partial charge in [-0.2, -0.15) is 0 Å². The van der Waals surface area contributed by atoms with Gasteiger partial charge >= 0.3 is 0 Å². The van der Waals surface area contributed by atoms with Gasteiger partial charge in [0.25, 0.3) is 0 Å². The van der Waals surface area contributed by atoms with Gasteiger partial charge < -0.3 is 9.47 Å². The van der Waals surface area contributed by atoms with Crippen LogP contribution in [0.2, 0.25) is 0 Å². The maximum absolute atomic E-state index is 5.53. The van der Waals surface area contributed by atoms with Gasteiger partial charge in [0.05, 0.1) is 13.2 Å². The van der Waals surface area contributed by atoms with Crippen molar-refractivity contribution in [1.82, 2.24) is 0 Å². The van der Waals surface area contributed by atoms with E-state index in [1.807, 2.05) is 13.8 Å². The highest BCUT2D eigenvalue weighted by molar-refractivity contribution is 5.07. The van der Waals surface area contributed by atoms with Gasteiger partial charge in [0, 0.05) is 6.42 Å². The van der Waals surface area contributed by atoms with Gasteiger partial charge in [-0.25, -0.2) is 19.6 Å². The molecule has 0 radical (unpaired) electrons. The van der Waals surface area contributed by atoms with Crippen molar-refractivity contribution in [2.45, 2.75) is 50.6 Å². The minimum atomic E-state index is -0.891. The predicted octanol–water partition coefficient (Wildman–Crippen LogP) is 1.24. The van der Waals surface area contributed by atoms with Gasteiger partial charge in [-0.1, -0.05) is 5.92 Å². The Morgan fingerprint density at radius 1 is 1.05 bits per heavy atom. The van der Waals surface area contributed by atoms with Crippen molar-refractivity contribution < 1.29 is 29.0 Å². The molecule has 2 aliphatic rings.